The first-order valence-electron chi connectivity index (χ1n) is 7.82. The summed E-state index contributed by atoms with van der Waals surface area (Å²) in [7, 11) is 0. The first-order valence-corrected chi connectivity index (χ1v) is 9.11. The van der Waals surface area contributed by atoms with Crippen LogP contribution in [0, 0.1) is 4.77 Å². The number of thiazole rings is 1. The summed E-state index contributed by atoms with van der Waals surface area (Å²) in [4.78, 5) is 16.3. The van der Waals surface area contributed by atoms with E-state index >= 15 is 0 Å². The fraction of sp³-hybridized carbons (Fsp3) is 0.467. The molecule has 0 aliphatic carbocycles. The first-order chi connectivity index (χ1) is 11.4. The zero-order valence-corrected chi connectivity index (χ0v) is 15.6. The van der Waals surface area contributed by atoms with Crippen molar-refractivity contribution in [3.8, 4) is 10.8 Å². The van der Waals surface area contributed by atoms with E-state index in [0.717, 1.165) is 23.8 Å². The van der Waals surface area contributed by atoms with Crippen LogP contribution in [0.25, 0.3) is 22.0 Å². The molecule has 0 aromatic carbocycles. The second-order valence-electron chi connectivity index (χ2n) is 6.22. The van der Waals surface area contributed by atoms with E-state index in [1.165, 1.54) is 11.3 Å². The standard InChI is InChI=1S/C15H21N7S2/c1-4-15(2,3)18-5-7-22-11-9(10(16)20-14(23)21-11)19-12(22)13-17-6-8-24-13/h6,8,18H,4-5,7H2,1-3H3,(H3,16,20,21,23). The van der Waals surface area contributed by atoms with Gasteiger partial charge in [0, 0.05) is 30.2 Å². The van der Waals surface area contributed by atoms with Crippen LogP contribution >= 0.6 is 23.6 Å². The summed E-state index contributed by atoms with van der Waals surface area (Å²) in [6.45, 7) is 8.04. The first kappa shape index (κ1) is 17.0. The maximum atomic E-state index is 6.04. The minimum absolute atomic E-state index is 0.0845. The number of aromatic amines is 1. The van der Waals surface area contributed by atoms with Gasteiger partial charge in [-0.3, -0.25) is 0 Å². The van der Waals surface area contributed by atoms with Gasteiger partial charge in [-0.15, -0.1) is 11.3 Å². The van der Waals surface area contributed by atoms with Crippen molar-refractivity contribution in [3.63, 3.8) is 0 Å². The Hall–Kier alpha value is -1.84. The zero-order chi connectivity index (χ0) is 17.3. The van der Waals surface area contributed by atoms with Gasteiger partial charge in [-0.1, -0.05) is 6.92 Å². The van der Waals surface area contributed by atoms with Crippen molar-refractivity contribution in [2.24, 2.45) is 0 Å². The Labute approximate surface area is 149 Å². The molecule has 0 aliphatic rings. The monoisotopic (exact) mass is 363 g/mol. The highest BCUT2D eigenvalue weighted by molar-refractivity contribution is 7.71. The highest BCUT2D eigenvalue weighted by atomic mass is 32.1. The second kappa shape index (κ2) is 6.58. The molecule has 0 amide bonds. The van der Waals surface area contributed by atoms with Crippen molar-refractivity contribution in [1.29, 1.82) is 0 Å². The summed E-state index contributed by atoms with van der Waals surface area (Å²) in [5.74, 6) is 1.20. The van der Waals surface area contributed by atoms with Gasteiger partial charge in [-0.05, 0) is 32.5 Å². The minimum Gasteiger partial charge on any atom is -0.383 e. The van der Waals surface area contributed by atoms with Gasteiger partial charge in [-0.25, -0.2) is 9.97 Å². The number of hydrogen-bond acceptors (Lipinski definition) is 7. The van der Waals surface area contributed by atoms with E-state index in [-0.39, 0.29) is 5.54 Å². The number of nitrogens with one attached hydrogen (secondary N) is 2. The van der Waals surface area contributed by atoms with Crippen LogP contribution in [-0.2, 0) is 6.54 Å². The Morgan fingerprint density at radius 2 is 2.21 bits per heavy atom. The van der Waals surface area contributed by atoms with Crippen molar-refractivity contribution in [3.05, 3.63) is 16.3 Å². The van der Waals surface area contributed by atoms with E-state index in [9.17, 15) is 0 Å². The molecule has 0 aliphatic heterocycles. The number of H-pyrrole nitrogens is 1. The van der Waals surface area contributed by atoms with Gasteiger partial charge in [-0.2, -0.15) is 4.98 Å². The van der Waals surface area contributed by atoms with Crippen molar-refractivity contribution in [1.82, 2.24) is 29.8 Å². The molecule has 3 rings (SSSR count). The molecule has 7 nitrogen and oxygen atoms in total. The Kier molecular flexibility index (Phi) is 4.66. The molecule has 4 N–H and O–H groups in total. The quantitative estimate of drug-likeness (QED) is 0.583. The van der Waals surface area contributed by atoms with E-state index in [4.69, 9.17) is 18.0 Å². The summed E-state index contributed by atoms with van der Waals surface area (Å²) < 4.78 is 2.39. The fourth-order valence-corrected chi connectivity index (χ4v) is 3.21. The Bertz CT molecular complexity index is 893. The lowest BCUT2D eigenvalue weighted by Crippen LogP contribution is -2.40. The Morgan fingerprint density at radius 3 is 2.88 bits per heavy atom. The third-order valence-corrected chi connectivity index (χ3v) is 5.05. The number of nitrogens with zero attached hydrogens (tertiary/aromatic N) is 4. The van der Waals surface area contributed by atoms with Crippen LogP contribution in [0.4, 0.5) is 5.82 Å². The molecule has 3 heterocycles. The van der Waals surface area contributed by atoms with Crippen LogP contribution < -0.4 is 11.1 Å². The number of rotatable bonds is 6. The van der Waals surface area contributed by atoms with Gasteiger partial charge in [0.2, 0.25) is 0 Å². The average molecular weight is 364 g/mol. The molecule has 128 valence electrons. The van der Waals surface area contributed by atoms with Crippen LogP contribution in [0.3, 0.4) is 0 Å². The molecular formula is C15H21N7S2. The summed E-state index contributed by atoms with van der Waals surface area (Å²) >= 11 is 6.71. The van der Waals surface area contributed by atoms with Crippen LogP contribution in [0.2, 0.25) is 0 Å². The molecule has 0 bridgehead atoms. The van der Waals surface area contributed by atoms with E-state index in [1.807, 2.05) is 9.95 Å². The Morgan fingerprint density at radius 1 is 1.42 bits per heavy atom. The van der Waals surface area contributed by atoms with Gasteiger partial charge >= 0.3 is 0 Å². The van der Waals surface area contributed by atoms with Crippen molar-refractivity contribution in [2.45, 2.75) is 39.3 Å². The third kappa shape index (κ3) is 3.33. The normalized spacial score (nSPS) is 12.1. The van der Waals surface area contributed by atoms with E-state index in [1.54, 1.807) is 6.20 Å². The number of anilines is 1. The van der Waals surface area contributed by atoms with Crippen LogP contribution in [0.1, 0.15) is 27.2 Å². The predicted molar refractivity (Wildman–Crippen MR) is 101 cm³/mol. The Balaban J connectivity index is 2.03. The SMILES string of the molecule is CCC(C)(C)NCCn1c(-c2nccs2)nc2c(N)[nH]c(=S)nc21. The molecule has 0 fully saturated rings. The lowest BCUT2D eigenvalue weighted by atomic mass is 10.0. The van der Waals surface area contributed by atoms with Crippen LogP contribution in [0.15, 0.2) is 11.6 Å². The van der Waals surface area contributed by atoms with Gasteiger partial charge in [0.25, 0.3) is 0 Å². The molecule has 3 aromatic rings. The second-order valence-corrected chi connectivity index (χ2v) is 7.50. The predicted octanol–water partition coefficient (Wildman–Crippen LogP) is 2.97. The van der Waals surface area contributed by atoms with E-state index in [2.05, 4.69) is 46.0 Å². The van der Waals surface area contributed by atoms with Crippen LogP contribution in [0.5, 0.6) is 0 Å². The fourth-order valence-electron chi connectivity index (χ4n) is 2.38. The summed E-state index contributed by atoms with van der Waals surface area (Å²) in [6.07, 6.45) is 2.82. The number of nitrogen functional groups attached to an aromatic ring is 1. The lowest BCUT2D eigenvalue weighted by molar-refractivity contribution is 0.369. The van der Waals surface area contributed by atoms with Gasteiger partial charge in [0.1, 0.15) is 11.3 Å². The molecule has 0 saturated carbocycles. The molecule has 0 atom stereocenters. The highest BCUT2D eigenvalue weighted by Gasteiger charge is 2.19. The van der Waals surface area contributed by atoms with Gasteiger partial charge < -0.3 is 20.6 Å². The smallest absolute Gasteiger partial charge is 0.200 e. The van der Waals surface area contributed by atoms with Crippen LogP contribution in [-0.4, -0.2) is 36.6 Å². The minimum atomic E-state index is 0.0845. The number of hydrogen-bond donors (Lipinski definition) is 3. The molecule has 0 saturated heterocycles. The summed E-state index contributed by atoms with van der Waals surface area (Å²) in [5, 5.41) is 6.33. The molecule has 0 unspecified atom stereocenters. The summed E-state index contributed by atoms with van der Waals surface area (Å²) in [5.41, 5.74) is 7.45. The zero-order valence-electron chi connectivity index (χ0n) is 14.0. The van der Waals surface area contributed by atoms with Crippen molar-refractivity contribution < 1.29 is 0 Å². The van der Waals surface area contributed by atoms with Gasteiger partial charge in [0.15, 0.2) is 21.3 Å². The molecule has 3 aromatic heterocycles. The largest absolute Gasteiger partial charge is 0.383 e. The van der Waals surface area contributed by atoms with Crippen molar-refractivity contribution >= 4 is 40.5 Å². The topological polar surface area (TPSA) is 97.4 Å². The highest BCUT2D eigenvalue weighted by Crippen LogP contribution is 2.27. The summed E-state index contributed by atoms with van der Waals surface area (Å²) in [6, 6.07) is 0. The average Bonchev–Trinajstić information content (AvgIpc) is 3.15. The van der Waals surface area contributed by atoms with Gasteiger partial charge in [0.05, 0.1) is 0 Å². The molecular weight excluding hydrogens is 342 g/mol. The number of fused-ring (bicyclic) bond motifs is 1. The number of aromatic nitrogens is 5. The molecule has 9 heteroatoms. The maximum absolute atomic E-state index is 6.04. The lowest BCUT2D eigenvalue weighted by Gasteiger charge is -2.24. The van der Waals surface area contributed by atoms with Crippen molar-refractivity contribution in [2.75, 3.05) is 12.3 Å². The van der Waals surface area contributed by atoms with E-state index < -0.39 is 0 Å². The van der Waals surface area contributed by atoms with E-state index in [0.29, 0.717) is 28.3 Å². The number of nitrogens with two attached hydrogens (primary N) is 1. The molecule has 24 heavy (non-hydrogen) atoms. The molecule has 0 radical (unpaired) electrons. The maximum Gasteiger partial charge on any atom is 0.200 e. The third-order valence-electron chi connectivity index (χ3n) is 4.09. The number of imidazole rings is 1. The molecule has 0 spiro atoms.